The Morgan fingerprint density at radius 1 is 1.38 bits per heavy atom. The molecule has 6 heteroatoms. The number of amides is 1. The lowest BCUT2D eigenvalue weighted by atomic mass is 10.1. The van der Waals surface area contributed by atoms with Gasteiger partial charge in [-0.3, -0.25) is 15.0 Å². The topological polar surface area (TPSA) is 72.5 Å². The molecule has 2 fully saturated rings. The van der Waals surface area contributed by atoms with E-state index in [0.717, 1.165) is 5.56 Å². The number of hydrogen-bond donors (Lipinski definition) is 0. The van der Waals surface area contributed by atoms with E-state index in [4.69, 9.17) is 4.74 Å². The van der Waals surface area contributed by atoms with Gasteiger partial charge in [-0.1, -0.05) is 12.1 Å². The number of rotatable bonds is 2. The molecule has 0 saturated carbocycles. The summed E-state index contributed by atoms with van der Waals surface area (Å²) in [5, 5.41) is 10.5. The second kappa shape index (κ2) is 2.94. The molecule has 2 atom stereocenters. The number of nitro benzene ring substituents is 1. The van der Waals surface area contributed by atoms with E-state index in [1.807, 2.05) is 0 Å². The first-order valence-electron chi connectivity index (χ1n) is 4.88. The number of nitrogens with zero attached hydrogens (tertiary/aromatic N) is 2. The van der Waals surface area contributed by atoms with Crippen molar-refractivity contribution in [2.24, 2.45) is 0 Å². The summed E-state index contributed by atoms with van der Waals surface area (Å²) in [5.41, 5.74) is 0.986. The van der Waals surface area contributed by atoms with E-state index in [-0.39, 0.29) is 23.9 Å². The van der Waals surface area contributed by atoms with Crippen molar-refractivity contribution in [1.29, 1.82) is 0 Å². The van der Waals surface area contributed by atoms with E-state index in [2.05, 4.69) is 0 Å². The van der Waals surface area contributed by atoms with Crippen LogP contribution in [0.4, 0.5) is 10.5 Å². The Hall–Kier alpha value is -2.11. The maximum absolute atomic E-state index is 11.2. The highest BCUT2D eigenvalue weighted by molar-refractivity contribution is 5.75. The van der Waals surface area contributed by atoms with Crippen LogP contribution in [0.15, 0.2) is 24.3 Å². The quantitative estimate of drug-likeness (QED) is 0.429. The number of carbonyl (C=O) groups is 1. The molecule has 0 N–H and O–H groups in total. The van der Waals surface area contributed by atoms with Crippen LogP contribution in [0.5, 0.6) is 0 Å². The molecule has 0 spiro atoms. The molecule has 0 bridgehead atoms. The van der Waals surface area contributed by atoms with E-state index in [0.29, 0.717) is 6.61 Å². The van der Waals surface area contributed by atoms with Gasteiger partial charge in [-0.05, 0) is 5.56 Å². The summed E-state index contributed by atoms with van der Waals surface area (Å²) in [5.74, 6) is 0. The normalized spacial score (nSPS) is 26.2. The van der Waals surface area contributed by atoms with Gasteiger partial charge in [0.05, 0.1) is 17.0 Å². The standard InChI is InChI=1S/C10H8N2O4/c13-10-11-8(5-16-10)9(11)6-1-3-7(4-2-6)12(14)15/h1-4,8-9H,5H2/t8-,9-,11?/m1/s1. The van der Waals surface area contributed by atoms with Crippen LogP contribution in [0.3, 0.4) is 0 Å². The predicted octanol–water partition coefficient (Wildman–Crippen LogP) is 1.47. The highest BCUT2D eigenvalue weighted by atomic mass is 16.6. The second-order valence-electron chi connectivity index (χ2n) is 3.85. The third kappa shape index (κ3) is 1.16. The molecular formula is C10H8N2O4. The number of fused-ring (bicyclic) bond motifs is 1. The molecule has 82 valence electrons. The van der Waals surface area contributed by atoms with Crippen molar-refractivity contribution in [3.63, 3.8) is 0 Å². The average Bonchev–Trinajstić information content (AvgIpc) is 2.89. The Labute approximate surface area is 90.6 Å². The summed E-state index contributed by atoms with van der Waals surface area (Å²) < 4.78 is 4.81. The molecule has 1 aromatic carbocycles. The van der Waals surface area contributed by atoms with Crippen molar-refractivity contribution in [1.82, 2.24) is 4.90 Å². The van der Waals surface area contributed by atoms with Crippen molar-refractivity contribution in [2.45, 2.75) is 12.1 Å². The minimum absolute atomic E-state index is 0.0436. The number of ether oxygens (including phenoxy) is 1. The van der Waals surface area contributed by atoms with Crippen LogP contribution >= 0.6 is 0 Å². The van der Waals surface area contributed by atoms with Crippen molar-refractivity contribution >= 4 is 11.8 Å². The van der Waals surface area contributed by atoms with Gasteiger partial charge < -0.3 is 4.74 Å². The Bertz CT molecular complexity index is 470. The zero-order valence-corrected chi connectivity index (χ0v) is 8.20. The molecule has 6 nitrogen and oxygen atoms in total. The smallest absolute Gasteiger partial charge is 0.410 e. The molecule has 16 heavy (non-hydrogen) atoms. The average molecular weight is 220 g/mol. The van der Waals surface area contributed by atoms with E-state index < -0.39 is 4.92 Å². The molecule has 0 aliphatic carbocycles. The molecular weight excluding hydrogens is 212 g/mol. The SMILES string of the molecule is O=C1OC[C@@H]2[C@@H](c3ccc([N+](=O)[O-])cc3)N12. The molecule has 0 aromatic heterocycles. The van der Waals surface area contributed by atoms with Gasteiger partial charge in [0.25, 0.3) is 5.69 Å². The highest BCUT2D eigenvalue weighted by Gasteiger charge is 2.57. The lowest BCUT2D eigenvalue weighted by Crippen LogP contribution is -2.07. The Kier molecular flexibility index (Phi) is 1.68. The first kappa shape index (κ1) is 9.14. The van der Waals surface area contributed by atoms with E-state index in [1.165, 1.54) is 12.1 Å². The van der Waals surface area contributed by atoms with E-state index in [9.17, 15) is 14.9 Å². The monoisotopic (exact) mass is 220 g/mol. The lowest BCUT2D eigenvalue weighted by molar-refractivity contribution is -0.384. The number of carbonyl (C=O) groups excluding carboxylic acids is 1. The van der Waals surface area contributed by atoms with Crippen LogP contribution in [0.25, 0.3) is 0 Å². The molecule has 0 unspecified atom stereocenters. The van der Waals surface area contributed by atoms with Crippen molar-refractivity contribution in [3.8, 4) is 0 Å². The first-order valence-corrected chi connectivity index (χ1v) is 4.88. The molecule has 2 aliphatic rings. The van der Waals surface area contributed by atoms with Crippen LogP contribution in [0, 0.1) is 10.1 Å². The second-order valence-corrected chi connectivity index (χ2v) is 3.85. The molecule has 3 rings (SSSR count). The predicted molar refractivity (Wildman–Crippen MR) is 52.8 cm³/mol. The summed E-state index contributed by atoms with van der Waals surface area (Å²) in [7, 11) is 0. The number of nitro groups is 1. The molecule has 2 heterocycles. The van der Waals surface area contributed by atoms with Gasteiger partial charge in [-0.2, -0.15) is 0 Å². The zero-order chi connectivity index (χ0) is 11.3. The fourth-order valence-corrected chi connectivity index (χ4v) is 2.11. The highest BCUT2D eigenvalue weighted by Crippen LogP contribution is 2.47. The molecule has 2 saturated heterocycles. The Balaban J connectivity index is 1.82. The van der Waals surface area contributed by atoms with Gasteiger partial charge in [0.2, 0.25) is 0 Å². The van der Waals surface area contributed by atoms with Gasteiger partial charge in [0.15, 0.2) is 0 Å². The summed E-state index contributed by atoms with van der Waals surface area (Å²) in [4.78, 5) is 22.8. The first-order chi connectivity index (χ1) is 7.68. The van der Waals surface area contributed by atoms with Crippen molar-refractivity contribution in [3.05, 3.63) is 39.9 Å². The summed E-state index contributed by atoms with van der Waals surface area (Å²) in [6.45, 7) is 0.417. The summed E-state index contributed by atoms with van der Waals surface area (Å²) >= 11 is 0. The number of cyclic esters (lactones) is 1. The van der Waals surface area contributed by atoms with Crippen molar-refractivity contribution in [2.75, 3.05) is 6.61 Å². The van der Waals surface area contributed by atoms with Gasteiger partial charge in [0, 0.05) is 12.1 Å². The van der Waals surface area contributed by atoms with Crippen LogP contribution < -0.4 is 0 Å². The number of non-ortho nitro benzene ring substituents is 1. The van der Waals surface area contributed by atoms with Crippen molar-refractivity contribution < 1.29 is 14.5 Å². The van der Waals surface area contributed by atoms with Gasteiger partial charge in [-0.15, -0.1) is 0 Å². The maximum atomic E-state index is 11.2. The summed E-state index contributed by atoms with van der Waals surface area (Å²) in [6, 6.07) is 6.45. The van der Waals surface area contributed by atoms with E-state index in [1.54, 1.807) is 17.0 Å². The maximum Gasteiger partial charge on any atom is 0.410 e. The molecule has 1 aromatic rings. The third-order valence-electron chi connectivity index (χ3n) is 2.97. The van der Waals surface area contributed by atoms with E-state index >= 15 is 0 Å². The number of benzene rings is 1. The number of hydrogen-bond acceptors (Lipinski definition) is 4. The molecule has 0 radical (unpaired) electrons. The van der Waals surface area contributed by atoms with Crippen LogP contribution in [-0.2, 0) is 4.74 Å². The minimum atomic E-state index is -0.438. The van der Waals surface area contributed by atoms with Crippen LogP contribution in [0.2, 0.25) is 0 Å². The fraction of sp³-hybridized carbons (Fsp3) is 0.300. The molecule has 1 amide bonds. The third-order valence-corrected chi connectivity index (χ3v) is 2.97. The van der Waals surface area contributed by atoms with Gasteiger partial charge in [-0.25, -0.2) is 4.79 Å². The Morgan fingerprint density at radius 3 is 2.56 bits per heavy atom. The largest absolute Gasteiger partial charge is 0.447 e. The fourth-order valence-electron chi connectivity index (χ4n) is 2.11. The van der Waals surface area contributed by atoms with Crippen LogP contribution in [0.1, 0.15) is 11.6 Å². The summed E-state index contributed by atoms with van der Waals surface area (Å²) in [6.07, 6.45) is -0.298. The van der Waals surface area contributed by atoms with Gasteiger partial charge >= 0.3 is 6.09 Å². The van der Waals surface area contributed by atoms with Gasteiger partial charge in [0.1, 0.15) is 6.61 Å². The lowest BCUT2D eigenvalue weighted by Gasteiger charge is -2.03. The van der Waals surface area contributed by atoms with Crippen LogP contribution in [-0.4, -0.2) is 28.6 Å². The Morgan fingerprint density at radius 2 is 2.06 bits per heavy atom. The molecule has 2 aliphatic heterocycles. The minimum Gasteiger partial charge on any atom is -0.447 e. The zero-order valence-electron chi connectivity index (χ0n) is 8.20.